The van der Waals surface area contributed by atoms with Gasteiger partial charge in [-0.1, -0.05) is 29.4 Å². The van der Waals surface area contributed by atoms with Crippen LogP contribution >= 0.6 is 0 Å². The fourth-order valence-corrected chi connectivity index (χ4v) is 3.03. The van der Waals surface area contributed by atoms with E-state index in [2.05, 4.69) is 40.5 Å². The van der Waals surface area contributed by atoms with Gasteiger partial charge in [0.05, 0.1) is 5.69 Å². The van der Waals surface area contributed by atoms with Gasteiger partial charge in [0.15, 0.2) is 0 Å². The van der Waals surface area contributed by atoms with Crippen LogP contribution in [0.25, 0.3) is 11.1 Å². The normalized spacial score (nSPS) is 11.0. The maximum atomic E-state index is 8.98. The van der Waals surface area contributed by atoms with Gasteiger partial charge in [-0.3, -0.25) is 0 Å². The zero-order chi connectivity index (χ0) is 17.8. The number of anilines is 1. The number of hydrogen-bond acceptors (Lipinski definition) is 5. The molecule has 0 atom stereocenters. The Morgan fingerprint density at radius 3 is 2.32 bits per heavy atom. The Hall–Kier alpha value is -2.66. The predicted molar refractivity (Wildman–Crippen MR) is 98.3 cm³/mol. The van der Waals surface area contributed by atoms with Crippen LogP contribution in [-0.2, 0) is 19.3 Å². The van der Waals surface area contributed by atoms with Crippen LogP contribution in [0, 0.1) is 13.8 Å². The van der Waals surface area contributed by atoms with Crippen LogP contribution in [0.2, 0.25) is 0 Å². The number of benzene rings is 1. The quantitative estimate of drug-likeness (QED) is 0.721. The minimum atomic E-state index is 0.177. The third-order valence-corrected chi connectivity index (χ3v) is 4.43. The van der Waals surface area contributed by atoms with E-state index >= 15 is 0 Å². The van der Waals surface area contributed by atoms with Crippen molar-refractivity contribution in [1.82, 2.24) is 10.1 Å². The fraction of sp³-hybridized carbons (Fsp3) is 0.300. The van der Waals surface area contributed by atoms with Gasteiger partial charge in [0.1, 0.15) is 11.6 Å². The Kier molecular flexibility index (Phi) is 5.14. The molecular formula is C20H23N3O2. The number of pyridine rings is 1. The van der Waals surface area contributed by atoms with E-state index < -0.39 is 0 Å². The Labute approximate surface area is 147 Å². The number of nitrogen functional groups attached to an aromatic ring is 1. The molecule has 3 rings (SSSR count). The number of hydrogen-bond donors (Lipinski definition) is 2. The molecule has 0 bridgehead atoms. The number of nitrogens with zero attached hydrogens (tertiary/aromatic N) is 2. The van der Waals surface area contributed by atoms with Crippen LogP contribution in [0.5, 0.6) is 0 Å². The number of rotatable bonds is 6. The van der Waals surface area contributed by atoms with Gasteiger partial charge in [-0.25, -0.2) is 4.98 Å². The first-order valence-electron chi connectivity index (χ1n) is 8.45. The zero-order valence-electron chi connectivity index (χ0n) is 14.6. The molecule has 130 valence electrons. The van der Waals surface area contributed by atoms with Crippen molar-refractivity contribution in [2.45, 2.75) is 33.1 Å². The summed E-state index contributed by atoms with van der Waals surface area (Å²) in [5, 5.41) is 13.0. The van der Waals surface area contributed by atoms with E-state index in [1.807, 2.05) is 13.8 Å². The highest BCUT2D eigenvalue weighted by atomic mass is 16.5. The molecule has 0 saturated heterocycles. The average molecular weight is 337 g/mol. The van der Waals surface area contributed by atoms with E-state index in [0.29, 0.717) is 12.2 Å². The largest absolute Gasteiger partial charge is 0.396 e. The van der Waals surface area contributed by atoms with Gasteiger partial charge in [0, 0.05) is 23.9 Å². The molecule has 0 aliphatic heterocycles. The highest BCUT2D eigenvalue weighted by Crippen LogP contribution is 2.28. The van der Waals surface area contributed by atoms with E-state index in [4.69, 9.17) is 15.4 Å². The van der Waals surface area contributed by atoms with E-state index in [0.717, 1.165) is 46.5 Å². The summed E-state index contributed by atoms with van der Waals surface area (Å²) in [6, 6.07) is 10.4. The lowest BCUT2D eigenvalue weighted by molar-refractivity contribution is 0.299. The van der Waals surface area contributed by atoms with E-state index in [1.54, 1.807) is 6.20 Å². The number of aryl methyl sites for hydroxylation is 4. The van der Waals surface area contributed by atoms with Crippen molar-refractivity contribution in [1.29, 1.82) is 0 Å². The number of aromatic nitrogens is 2. The van der Waals surface area contributed by atoms with Crippen molar-refractivity contribution in [3.63, 3.8) is 0 Å². The lowest BCUT2D eigenvalue weighted by Crippen LogP contribution is -2.01. The number of nitrogens with two attached hydrogens (primary N) is 1. The lowest BCUT2D eigenvalue weighted by Gasteiger charge is -2.09. The van der Waals surface area contributed by atoms with Crippen LogP contribution in [0.1, 0.15) is 28.1 Å². The molecular weight excluding hydrogens is 314 g/mol. The lowest BCUT2D eigenvalue weighted by atomic mass is 9.99. The second-order valence-electron chi connectivity index (χ2n) is 6.26. The second-order valence-corrected chi connectivity index (χ2v) is 6.26. The van der Waals surface area contributed by atoms with Gasteiger partial charge in [-0.15, -0.1) is 0 Å². The molecule has 0 amide bonds. The molecule has 0 unspecified atom stereocenters. The summed E-state index contributed by atoms with van der Waals surface area (Å²) < 4.78 is 5.25. The molecule has 5 nitrogen and oxygen atoms in total. The van der Waals surface area contributed by atoms with E-state index in [1.165, 1.54) is 5.56 Å². The topological polar surface area (TPSA) is 85.2 Å². The maximum Gasteiger partial charge on any atom is 0.141 e. The summed E-state index contributed by atoms with van der Waals surface area (Å²) >= 11 is 0. The zero-order valence-corrected chi connectivity index (χ0v) is 14.6. The number of aliphatic hydroxyl groups is 1. The van der Waals surface area contributed by atoms with Crippen molar-refractivity contribution >= 4 is 5.82 Å². The minimum absolute atomic E-state index is 0.177. The van der Waals surface area contributed by atoms with E-state index in [-0.39, 0.29) is 6.61 Å². The summed E-state index contributed by atoms with van der Waals surface area (Å²) in [6.45, 7) is 4.01. The Morgan fingerprint density at radius 2 is 1.72 bits per heavy atom. The molecule has 5 heteroatoms. The smallest absolute Gasteiger partial charge is 0.141 e. The number of aliphatic hydroxyl groups excluding tert-OH is 1. The van der Waals surface area contributed by atoms with Gasteiger partial charge in [-0.05, 0) is 55.9 Å². The molecule has 3 N–H and O–H groups in total. The predicted octanol–water partition coefficient (Wildman–Crippen LogP) is 3.26. The first-order chi connectivity index (χ1) is 12.1. The molecule has 25 heavy (non-hydrogen) atoms. The molecule has 0 saturated carbocycles. The van der Waals surface area contributed by atoms with Crippen LogP contribution < -0.4 is 5.73 Å². The van der Waals surface area contributed by atoms with Crippen molar-refractivity contribution < 1.29 is 9.63 Å². The third kappa shape index (κ3) is 3.88. The van der Waals surface area contributed by atoms with E-state index in [9.17, 15) is 0 Å². The molecule has 1 aromatic carbocycles. The van der Waals surface area contributed by atoms with Crippen molar-refractivity contribution in [2.75, 3.05) is 12.3 Å². The van der Waals surface area contributed by atoms with Gasteiger partial charge >= 0.3 is 0 Å². The molecule has 0 spiro atoms. The summed E-state index contributed by atoms with van der Waals surface area (Å²) in [5.74, 6) is 1.35. The highest BCUT2D eigenvalue weighted by molar-refractivity contribution is 5.68. The fourth-order valence-electron chi connectivity index (χ4n) is 3.03. The standard InChI is InChI=1S/C20H23N3O2/c1-13-19(14(2)25-23-13)18-11-17(20(21)22-12-18)8-7-15-3-5-16(6-4-15)9-10-24/h3-6,11-12,24H,7-10H2,1-2H3,(H2,21,22). The van der Waals surface area contributed by atoms with Crippen LogP contribution in [0.3, 0.4) is 0 Å². The summed E-state index contributed by atoms with van der Waals surface area (Å²) in [4.78, 5) is 4.35. The Balaban J connectivity index is 1.77. The van der Waals surface area contributed by atoms with Crippen LogP contribution in [0.4, 0.5) is 5.82 Å². The minimum Gasteiger partial charge on any atom is -0.396 e. The summed E-state index contributed by atoms with van der Waals surface area (Å²) in [5.41, 5.74) is 12.3. The van der Waals surface area contributed by atoms with Gasteiger partial charge in [-0.2, -0.15) is 0 Å². The van der Waals surface area contributed by atoms with Gasteiger partial charge in [0.2, 0.25) is 0 Å². The Morgan fingerprint density at radius 1 is 1.04 bits per heavy atom. The highest BCUT2D eigenvalue weighted by Gasteiger charge is 2.13. The van der Waals surface area contributed by atoms with Crippen molar-refractivity contribution in [3.8, 4) is 11.1 Å². The van der Waals surface area contributed by atoms with Crippen molar-refractivity contribution in [2.24, 2.45) is 0 Å². The van der Waals surface area contributed by atoms with Gasteiger partial charge < -0.3 is 15.4 Å². The average Bonchev–Trinajstić information content (AvgIpc) is 2.95. The SMILES string of the molecule is Cc1noc(C)c1-c1cnc(N)c(CCc2ccc(CCO)cc2)c1. The van der Waals surface area contributed by atoms with Gasteiger partial charge in [0.25, 0.3) is 0 Å². The van der Waals surface area contributed by atoms with Crippen LogP contribution in [0.15, 0.2) is 41.1 Å². The summed E-state index contributed by atoms with van der Waals surface area (Å²) in [6.07, 6.45) is 4.16. The molecule has 0 radical (unpaired) electrons. The maximum absolute atomic E-state index is 8.98. The Bertz CT molecular complexity index is 834. The first-order valence-corrected chi connectivity index (χ1v) is 8.45. The van der Waals surface area contributed by atoms with Crippen LogP contribution in [-0.4, -0.2) is 21.9 Å². The molecule has 0 aliphatic carbocycles. The second kappa shape index (κ2) is 7.49. The third-order valence-electron chi connectivity index (χ3n) is 4.43. The molecule has 3 aromatic rings. The monoisotopic (exact) mass is 337 g/mol. The first kappa shape index (κ1) is 17.2. The molecule has 0 fully saturated rings. The summed E-state index contributed by atoms with van der Waals surface area (Å²) in [7, 11) is 0. The molecule has 0 aliphatic rings. The molecule has 2 heterocycles. The van der Waals surface area contributed by atoms with Crippen molar-refractivity contribution in [3.05, 3.63) is 64.7 Å². The molecule has 2 aromatic heterocycles.